The number of carbonyl (C=O) groups excluding carboxylic acids is 2. The lowest BCUT2D eigenvalue weighted by Gasteiger charge is -2.28. The second-order valence-electron chi connectivity index (χ2n) is 9.11. The van der Waals surface area contributed by atoms with Crippen LogP contribution in [0.15, 0.2) is 30.6 Å². The van der Waals surface area contributed by atoms with E-state index in [1.54, 1.807) is 20.8 Å². The van der Waals surface area contributed by atoms with E-state index >= 15 is 0 Å². The highest BCUT2D eigenvalue weighted by Gasteiger charge is 2.39. The molecule has 0 radical (unpaired) electrons. The van der Waals surface area contributed by atoms with Crippen LogP contribution in [0.4, 0.5) is 13.6 Å². The molecule has 9 nitrogen and oxygen atoms in total. The van der Waals surface area contributed by atoms with Crippen LogP contribution < -0.4 is 14.2 Å². The van der Waals surface area contributed by atoms with Gasteiger partial charge >= 0.3 is 18.7 Å². The van der Waals surface area contributed by atoms with Crippen LogP contribution in [0.25, 0.3) is 0 Å². The van der Waals surface area contributed by atoms with Gasteiger partial charge in [0.15, 0.2) is 29.3 Å². The van der Waals surface area contributed by atoms with E-state index in [0.29, 0.717) is 21.6 Å². The van der Waals surface area contributed by atoms with Gasteiger partial charge in [0.25, 0.3) is 0 Å². The van der Waals surface area contributed by atoms with Crippen LogP contribution >= 0.6 is 35.0 Å². The highest BCUT2D eigenvalue weighted by molar-refractivity contribution is 8.00. The SMILES string of the molecule is COc1cc([C@H](Cc2c(Cl)c[n+]([O-])cc2Cl)OC(=O)[C@@H]2SCCN2C(=O)OC(C)(C)C)ccc1OC(F)F. The predicted molar refractivity (Wildman–Crippen MR) is 137 cm³/mol. The molecule has 0 aliphatic carbocycles. The summed E-state index contributed by atoms with van der Waals surface area (Å²) in [5, 5.41) is 10.8. The molecule has 0 bridgehead atoms. The van der Waals surface area contributed by atoms with Crippen LogP contribution in [0.3, 0.4) is 0 Å². The number of alkyl halides is 2. The van der Waals surface area contributed by atoms with Gasteiger partial charge in [-0.15, -0.1) is 11.8 Å². The van der Waals surface area contributed by atoms with E-state index in [2.05, 4.69) is 4.74 Å². The Labute approximate surface area is 232 Å². The molecule has 2 aromatic rings. The minimum Gasteiger partial charge on any atom is -0.619 e. The van der Waals surface area contributed by atoms with Gasteiger partial charge in [-0.3, -0.25) is 4.90 Å². The van der Waals surface area contributed by atoms with Gasteiger partial charge in [0.1, 0.15) is 21.8 Å². The Morgan fingerprint density at radius 2 is 1.87 bits per heavy atom. The molecule has 1 aromatic heterocycles. The van der Waals surface area contributed by atoms with Gasteiger partial charge < -0.3 is 24.2 Å². The van der Waals surface area contributed by atoms with Crippen LogP contribution in [-0.2, 0) is 20.7 Å². The molecular formula is C24H26Cl2F2N2O7S. The number of pyridine rings is 1. The number of thioether (sulfide) groups is 1. The molecule has 1 saturated heterocycles. The second kappa shape index (κ2) is 12.4. The third-order valence-corrected chi connectivity index (χ3v) is 7.03. The lowest BCUT2D eigenvalue weighted by Crippen LogP contribution is -2.43. The molecule has 2 atom stereocenters. The summed E-state index contributed by atoms with van der Waals surface area (Å²) in [6.07, 6.45) is 0.394. The molecule has 1 amide bonds. The van der Waals surface area contributed by atoms with E-state index in [1.165, 1.54) is 42.0 Å². The standard InChI is InChI=1S/C24H26Cl2F2N2O7S/c1-24(2,3)37-23(32)30-7-8-38-20(30)21(31)35-18(10-14-15(25)11-29(33)12-16(14)26)13-5-6-17(36-22(27)28)19(9-13)34-4/h5-6,9,11-12,18,20,22H,7-8,10H2,1-4H3/t18-,20-/m0/s1. The summed E-state index contributed by atoms with van der Waals surface area (Å²) in [5.41, 5.74) is -0.109. The lowest BCUT2D eigenvalue weighted by atomic mass is 10.0. The van der Waals surface area contributed by atoms with Crippen LogP contribution in [0.2, 0.25) is 10.0 Å². The Morgan fingerprint density at radius 3 is 2.45 bits per heavy atom. The van der Waals surface area contributed by atoms with Crippen molar-refractivity contribution < 1.29 is 42.0 Å². The van der Waals surface area contributed by atoms with Gasteiger partial charge in [0.05, 0.1) is 7.11 Å². The van der Waals surface area contributed by atoms with Crippen molar-refractivity contribution in [3.05, 3.63) is 57.0 Å². The largest absolute Gasteiger partial charge is 0.619 e. The number of nitrogens with zero attached hydrogens (tertiary/aromatic N) is 2. The molecule has 38 heavy (non-hydrogen) atoms. The van der Waals surface area contributed by atoms with E-state index in [4.69, 9.17) is 37.4 Å². The van der Waals surface area contributed by atoms with Crippen molar-refractivity contribution in [1.29, 1.82) is 0 Å². The van der Waals surface area contributed by atoms with E-state index < -0.39 is 35.8 Å². The summed E-state index contributed by atoms with van der Waals surface area (Å²) in [6.45, 7) is 2.33. The van der Waals surface area contributed by atoms with E-state index in [-0.39, 0.29) is 34.5 Å². The first-order valence-electron chi connectivity index (χ1n) is 11.3. The van der Waals surface area contributed by atoms with Gasteiger partial charge in [0.2, 0.25) is 0 Å². The number of esters is 1. The third kappa shape index (κ3) is 7.67. The van der Waals surface area contributed by atoms with Gasteiger partial charge in [-0.2, -0.15) is 13.5 Å². The fourth-order valence-corrected chi connectivity index (χ4v) is 5.27. The van der Waals surface area contributed by atoms with Gasteiger partial charge in [-0.05, 0) is 38.5 Å². The van der Waals surface area contributed by atoms with Crippen LogP contribution in [0.5, 0.6) is 11.5 Å². The van der Waals surface area contributed by atoms with Crippen molar-refractivity contribution in [2.24, 2.45) is 0 Å². The quantitative estimate of drug-likeness (QED) is 0.228. The highest BCUT2D eigenvalue weighted by Crippen LogP contribution is 2.37. The summed E-state index contributed by atoms with van der Waals surface area (Å²) in [5.74, 6) is -0.506. The number of ether oxygens (including phenoxy) is 4. The predicted octanol–water partition coefficient (Wildman–Crippen LogP) is 5.37. The lowest BCUT2D eigenvalue weighted by molar-refractivity contribution is -0.605. The molecule has 14 heteroatoms. The molecule has 0 saturated carbocycles. The molecule has 208 valence electrons. The van der Waals surface area contributed by atoms with Crippen molar-refractivity contribution in [2.75, 3.05) is 19.4 Å². The topological polar surface area (TPSA) is 101 Å². The fourth-order valence-electron chi connectivity index (χ4n) is 3.59. The smallest absolute Gasteiger partial charge is 0.411 e. The summed E-state index contributed by atoms with van der Waals surface area (Å²) >= 11 is 13.7. The molecule has 0 unspecified atom stereocenters. The Balaban J connectivity index is 1.94. The maximum Gasteiger partial charge on any atom is 0.411 e. The zero-order valence-corrected chi connectivity index (χ0v) is 23.2. The van der Waals surface area contributed by atoms with Crippen molar-refractivity contribution in [3.63, 3.8) is 0 Å². The second-order valence-corrected chi connectivity index (χ2v) is 11.1. The Hall–Kier alpha value is -2.70. The maximum absolute atomic E-state index is 13.3. The monoisotopic (exact) mass is 594 g/mol. The summed E-state index contributed by atoms with van der Waals surface area (Å²) in [6, 6.07) is 4.05. The molecule has 0 spiro atoms. The number of halogens is 4. The first-order valence-corrected chi connectivity index (χ1v) is 13.1. The van der Waals surface area contributed by atoms with E-state index in [9.17, 15) is 23.6 Å². The Morgan fingerprint density at radius 1 is 1.21 bits per heavy atom. The van der Waals surface area contributed by atoms with Crippen LogP contribution in [0.1, 0.15) is 38.0 Å². The molecule has 1 aliphatic heterocycles. The molecule has 3 rings (SSSR count). The minimum atomic E-state index is -3.08. The van der Waals surface area contributed by atoms with Crippen molar-refractivity contribution >= 4 is 47.0 Å². The number of hydrogen-bond donors (Lipinski definition) is 0. The first kappa shape index (κ1) is 29.9. The molecule has 2 heterocycles. The van der Waals surface area contributed by atoms with Gasteiger partial charge in [-0.25, -0.2) is 9.59 Å². The van der Waals surface area contributed by atoms with E-state index in [1.807, 2.05) is 0 Å². The van der Waals surface area contributed by atoms with E-state index in [0.717, 1.165) is 12.4 Å². The number of carbonyl (C=O) groups is 2. The minimum absolute atomic E-state index is 0.0304. The Bertz CT molecular complexity index is 1160. The number of amides is 1. The highest BCUT2D eigenvalue weighted by atomic mass is 35.5. The van der Waals surface area contributed by atoms with Crippen molar-refractivity contribution in [2.45, 2.75) is 50.9 Å². The molecule has 1 aromatic carbocycles. The molecule has 1 fully saturated rings. The number of methoxy groups -OCH3 is 1. The third-order valence-electron chi connectivity index (χ3n) is 5.20. The average molecular weight is 595 g/mol. The average Bonchev–Trinajstić information content (AvgIpc) is 3.30. The number of hydrogen-bond acceptors (Lipinski definition) is 8. The summed E-state index contributed by atoms with van der Waals surface area (Å²) < 4.78 is 47.0. The molecular weight excluding hydrogens is 569 g/mol. The zero-order valence-electron chi connectivity index (χ0n) is 20.9. The number of benzene rings is 1. The first-order chi connectivity index (χ1) is 17.8. The maximum atomic E-state index is 13.3. The summed E-state index contributed by atoms with van der Waals surface area (Å²) in [4.78, 5) is 27.3. The zero-order chi connectivity index (χ0) is 28.2. The van der Waals surface area contributed by atoms with Crippen LogP contribution in [0, 0.1) is 5.21 Å². The fraction of sp³-hybridized carbons (Fsp3) is 0.458. The number of rotatable bonds is 8. The molecule has 0 N–H and O–H groups in total. The molecule has 1 aliphatic rings. The Kier molecular flexibility index (Phi) is 9.77. The van der Waals surface area contributed by atoms with Crippen molar-refractivity contribution in [1.82, 2.24) is 4.90 Å². The summed E-state index contributed by atoms with van der Waals surface area (Å²) in [7, 11) is 1.27. The van der Waals surface area contributed by atoms with Crippen LogP contribution in [-0.4, -0.2) is 54.0 Å². The number of aromatic nitrogens is 1. The normalized spacial score (nSPS) is 16.3. The van der Waals surface area contributed by atoms with Gasteiger partial charge in [0, 0.05) is 24.3 Å². The van der Waals surface area contributed by atoms with Crippen molar-refractivity contribution in [3.8, 4) is 11.5 Å². The van der Waals surface area contributed by atoms with Gasteiger partial charge in [-0.1, -0.05) is 29.3 Å².